The molecule has 0 radical (unpaired) electrons. The minimum atomic E-state index is -1.04. The summed E-state index contributed by atoms with van der Waals surface area (Å²) in [6, 6.07) is 6.23. The minimum absolute atomic E-state index is 0.0680. The molecule has 9 nitrogen and oxygen atoms in total. The average Bonchev–Trinajstić information content (AvgIpc) is 3.21. The van der Waals surface area contributed by atoms with Crippen molar-refractivity contribution in [1.29, 1.82) is 0 Å². The molecule has 0 bridgehead atoms. The van der Waals surface area contributed by atoms with Gasteiger partial charge in [0.1, 0.15) is 0 Å². The molecular weight excluding hydrogens is 388 g/mol. The SMILES string of the molecule is COc1cc(C(=O)NCc2nnnn2-c2ccc(F)c(F)c2)cc(OC)c1OC. The van der Waals surface area contributed by atoms with Gasteiger partial charge in [0.15, 0.2) is 29.0 Å². The summed E-state index contributed by atoms with van der Waals surface area (Å²) in [4.78, 5) is 12.6. The molecular formula is C18H17F2N5O4. The van der Waals surface area contributed by atoms with Gasteiger partial charge in [-0.2, -0.15) is 4.68 Å². The number of hydrogen-bond donors (Lipinski definition) is 1. The molecule has 3 aromatic rings. The largest absolute Gasteiger partial charge is 0.493 e. The lowest BCUT2D eigenvalue weighted by Crippen LogP contribution is -2.25. The number of carbonyl (C=O) groups is 1. The van der Waals surface area contributed by atoms with Crippen LogP contribution in [0.25, 0.3) is 5.69 Å². The highest BCUT2D eigenvalue weighted by Gasteiger charge is 2.18. The van der Waals surface area contributed by atoms with Crippen molar-refractivity contribution >= 4 is 5.91 Å². The molecule has 1 heterocycles. The molecule has 1 aromatic heterocycles. The highest BCUT2D eigenvalue weighted by atomic mass is 19.2. The molecule has 0 saturated heterocycles. The van der Waals surface area contributed by atoms with Gasteiger partial charge in [-0.1, -0.05) is 0 Å². The predicted molar refractivity (Wildman–Crippen MR) is 96.3 cm³/mol. The van der Waals surface area contributed by atoms with E-state index in [0.717, 1.165) is 12.1 Å². The number of tetrazole rings is 1. The summed E-state index contributed by atoms with van der Waals surface area (Å²) in [5, 5.41) is 13.7. The molecule has 2 aromatic carbocycles. The zero-order valence-corrected chi connectivity index (χ0v) is 15.8. The first-order valence-corrected chi connectivity index (χ1v) is 8.29. The highest BCUT2D eigenvalue weighted by molar-refractivity contribution is 5.95. The van der Waals surface area contributed by atoms with E-state index in [4.69, 9.17) is 14.2 Å². The van der Waals surface area contributed by atoms with Crippen LogP contribution in [-0.2, 0) is 6.54 Å². The van der Waals surface area contributed by atoms with E-state index < -0.39 is 17.5 Å². The zero-order chi connectivity index (χ0) is 21.0. The first-order chi connectivity index (χ1) is 14.0. The van der Waals surface area contributed by atoms with Gasteiger partial charge in [0, 0.05) is 11.6 Å². The van der Waals surface area contributed by atoms with Gasteiger partial charge in [-0.15, -0.1) is 5.10 Å². The molecule has 29 heavy (non-hydrogen) atoms. The third-order valence-electron chi connectivity index (χ3n) is 4.02. The summed E-state index contributed by atoms with van der Waals surface area (Å²) in [5.41, 5.74) is 0.470. The van der Waals surface area contributed by atoms with Crippen LogP contribution < -0.4 is 19.5 Å². The van der Waals surface area contributed by atoms with Gasteiger partial charge < -0.3 is 19.5 Å². The number of amides is 1. The molecule has 0 unspecified atom stereocenters. The summed E-state index contributed by atoms with van der Waals surface area (Å²) in [6.07, 6.45) is 0. The Kier molecular flexibility index (Phi) is 5.86. The van der Waals surface area contributed by atoms with Crippen molar-refractivity contribution in [2.45, 2.75) is 6.54 Å². The fraction of sp³-hybridized carbons (Fsp3) is 0.222. The van der Waals surface area contributed by atoms with Crippen LogP contribution in [0.3, 0.4) is 0 Å². The number of halogens is 2. The number of aromatic nitrogens is 4. The second kappa shape index (κ2) is 8.50. The fourth-order valence-corrected chi connectivity index (χ4v) is 2.61. The summed E-state index contributed by atoms with van der Waals surface area (Å²) < 4.78 is 43.5. The molecule has 0 saturated carbocycles. The van der Waals surface area contributed by atoms with E-state index in [2.05, 4.69) is 20.8 Å². The van der Waals surface area contributed by atoms with Crippen LogP contribution in [0.2, 0.25) is 0 Å². The number of nitrogens with one attached hydrogen (secondary N) is 1. The Balaban J connectivity index is 1.80. The van der Waals surface area contributed by atoms with Gasteiger partial charge in [-0.05, 0) is 34.7 Å². The van der Waals surface area contributed by atoms with Gasteiger partial charge >= 0.3 is 0 Å². The van der Waals surface area contributed by atoms with Crippen LogP contribution in [0.15, 0.2) is 30.3 Å². The maximum absolute atomic E-state index is 13.5. The van der Waals surface area contributed by atoms with Crippen molar-refractivity contribution in [2.75, 3.05) is 21.3 Å². The van der Waals surface area contributed by atoms with E-state index in [0.29, 0.717) is 17.2 Å². The number of carbonyl (C=O) groups excluding carboxylic acids is 1. The molecule has 0 fully saturated rings. The molecule has 0 spiro atoms. The highest BCUT2D eigenvalue weighted by Crippen LogP contribution is 2.38. The molecule has 3 rings (SSSR count). The monoisotopic (exact) mass is 405 g/mol. The van der Waals surface area contributed by atoms with Crippen LogP contribution >= 0.6 is 0 Å². The number of methoxy groups -OCH3 is 3. The van der Waals surface area contributed by atoms with E-state index in [1.165, 1.54) is 44.2 Å². The summed E-state index contributed by atoms with van der Waals surface area (Å²) in [5.74, 6) is -1.26. The van der Waals surface area contributed by atoms with Crippen molar-refractivity contribution < 1.29 is 27.8 Å². The topological polar surface area (TPSA) is 100 Å². The summed E-state index contributed by atoms with van der Waals surface area (Å²) in [7, 11) is 4.34. The Labute approximate surface area is 164 Å². The van der Waals surface area contributed by atoms with E-state index >= 15 is 0 Å². The second-order valence-electron chi connectivity index (χ2n) is 5.70. The number of nitrogens with zero attached hydrogens (tertiary/aromatic N) is 4. The number of rotatable bonds is 7. The Morgan fingerprint density at radius 3 is 2.31 bits per heavy atom. The molecule has 0 aliphatic carbocycles. The quantitative estimate of drug-likeness (QED) is 0.641. The Hall–Kier alpha value is -3.76. The van der Waals surface area contributed by atoms with Gasteiger partial charge in [-0.3, -0.25) is 4.79 Å². The predicted octanol–water partition coefficient (Wildman–Crippen LogP) is 1.90. The van der Waals surface area contributed by atoms with E-state index in [1.54, 1.807) is 0 Å². The van der Waals surface area contributed by atoms with Crippen LogP contribution in [-0.4, -0.2) is 47.4 Å². The van der Waals surface area contributed by atoms with Crippen LogP contribution in [0, 0.1) is 11.6 Å². The molecule has 152 valence electrons. The van der Waals surface area contributed by atoms with Crippen molar-refractivity contribution in [2.24, 2.45) is 0 Å². The lowest BCUT2D eigenvalue weighted by atomic mass is 10.1. The van der Waals surface area contributed by atoms with Crippen LogP contribution in [0.1, 0.15) is 16.2 Å². The third kappa shape index (κ3) is 4.08. The first-order valence-electron chi connectivity index (χ1n) is 8.29. The number of ether oxygens (including phenoxy) is 3. The van der Waals surface area contributed by atoms with E-state index in [1.807, 2.05) is 0 Å². The van der Waals surface area contributed by atoms with Gasteiger partial charge in [0.2, 0.25) is 5.75 Å². The third-order valence-corrected chi connectivity index (χ3v) is 4.02. The number of hydrogen-bond acceptors (Lipinski definition) is 7. The second-order valence-corrected chi connectivity index (χ2v) is 5.70. The Morgan fingerprint density at radius 1 is 1.03 bits per heavy atom. The normalized spacial score (nSPS) is 10.5. The molecule has 0 aliphatic heterocycles. The van der Waals surface area contributed by atoms with Gasteiger partial charge in [0.25, 0.3) is 5.91 Å². The molecule has 1 N–H and O–H groups in total. The zero-order valence-electron chi connectivity index (χ0n) is 15.8. The number of benzene rings is 2. The standard InChI is InChI=1S/C18H17F2N5O4/c1-27-14-6-10(7-15(28-2)17(14)29-3)18(26)21-9-16-22-23-24-25(16)11-4-5-12(19)13(20)8-11/h4-8H,9H2,1-3H3,(H,21,26). The molecule has 0 atom stereocenters. The van der Waals surface area contributed by atoms with Crippen LogP contribution in [0.4, 0.5) is 8.78 Å². The van der Waals surface area contributed by atoms with E-state index in [9.17, 15) is 13.6 Å². The van der Waals surface area contributed by atoms with Crippen molar-refractivity contribution in [3.8, 4) is 22.9 Å². The maximum Gasteiger partial charge on any atom is 0.251 e. The molecule has 1 amide bonds. The lowest BCUT2D eigenvalue weighted by molar-refractivity contribution is 0.0948. The van der Waals surface area contributed by atoms with E-state index in [-0.39, 0.29) is 23.6 Å². The van der Waals surface area contributed by atoms with Gasteiger partial charge in [-0.25, -0.2) is 8.78 Å². The van der Waals surface area contributed by atoms with Crippen molar-refractivity contribution in [1.82, 2.24) is 25.5 Å². The molecule has 11 heteroatoms. The van der Waals surface area contributed by atoms with Crippen molar-refractivity contribution in [3.05, 3.63) is 53.4 Å². The smallest absolute Gasteiger partial charge is 0.251 e. The van der Waals surface area contributed by atoms with Crippen molar-refractivity contribution in [3.63, 3.8) is 0 Å². The Bertz CT molecular complexity index is 1020. The Morgan fingerprint density at radius 2 is 1.72 bits per heavy atom. The summed E-state index contributed by atoms with van der Waals surface area (Å²) >= 11 is 0. The van der Waals surface area contributed by atoms with Gasteiger partial charge in [0.05, 0.1) is 33.6 Å². The molecule has 0 aliphatic rings. The minimum Gasteiger partial charge on any atom is -0.493 e. The average molecular weight is 405 g/mol. The fourth-order valence-electron chi connectivity index (χ4n) is 2.61. The summed E-state index contributed by atoms with van der Waals surface area (Å²) in [6.45, 7) is -0.0680. The van der Waals surface area contributed by atoms with Crippen LogP contribution in [0.5, 0.6) is 17.2 Å². The lowest BCUT2D eigenvalue weighted by Gasteiger charge is -2.14. The maximum atomic E-state index is 13.5. The first kappa shape index (κ1) is 20.0.